The average Bonchev–Trinajstić information content (AvgIpc) is 2.95. The molecule has 120 valence electrons. The molecule has 0 saturated heterocycles. The number of ether oxygens (including phenoxy) is 1. The zero-order valence-corrected chi connectivity index (χ0v) is 14.1. The number of hydrogen-bond donors (Lipinski definition) is 1. The van der Waals surface area contributed by atoms with Gasteiger partial charge in [-0.05, 0) is 63.9 Å². The summed E-state index contributed by atoms with van der Waals surface area (Å²) in [6, 6.07) is 9.60. The van der Waals surface area contributed by atoms with Crippen LogP contribution in [0, 0.1) is 0 Å². The molecular weight excluding hydrogens is 300 g/mol. The molecule has 22 heavy (non-hydrogen) atoms. The molecule has 0 fully saturated rings. The molecule has 0 unspecified atom stereocenters. The summed E-state index contributed by atoms with van der Waals surface area (Å²) in [5, 5.41) is 3.97. The molecule has 0 atom stereocenters. The molecule has 0 radical (unpaired) electrons. The minimum Gasteiger partial charge on any atom is -0.495 e. The quantitative estimate of drug-likeness (QED) is 0.753. The summed E-state index contributed by atoms with van der Waals surface area (Å²) < 4.78 is 11.0. The fourth-order valence-corrected chi connectivity index (χ4v) is 2.44. The van der Waals surface area contributed by atoms with E-state index >= 15 is 0 Å². The fourth-order valence-electron chi connectivity index (χ4n) is 2.18. The Morgan fingerprint density at radius 3 is 2.73 bits per heavy atom. The van der Waals surface area contributed by atoms with Crippen LogP contribution in [0.4, 0.5) is 0 Å². The van der Waals surface area contributed by atoms with Crippen LogP contribution in [0.5, 0.6) is 5.75 Å². The van der Waals surface area contributed by atoms with Crippen LogP contribution in [0.2, 0.25) is 5.02 Å². The molecular formula is C17H23ClN2O2. The second-order valence-electron chi connectivity index (χ2n) is 5.45. The van der Waals surface area contributed by atoms with E-state index in [4.69, 9.17) is 20.8 Å². The van der Waals surface area contributed by atoms with E-state index in [2.05, 4.69) is 24.3 Å². The highest BCUT2D eigenvalue weighted by Gasteiger charge is 2.08. The lowest BCUT2D eigenvalue weighted by molar-refractivity contribution is 0.391. The van der Waals surface area contributed by atoms with Gasteiger partial charge in [-0.2, -0.15) is 0 Å². The first-order chi connectivity index (χ1) is 10.6. The topological polar surface area (TPSA) is 37.6 Å². The Labute approximate surface area is 137 Å². The van der Waals surface area contributed by atoms with E-state index in [0.29, 0.717) is 10.8 Å². The first-order valence-corrected chi connectivity index (χ1v) is 7.76. The van der Waals surface area contributed by atoms with Gasteiger partial charge in [0.15, 0.2) is 0 Å². The Hall–Kier alpha value is -1.49. The van der Waals surface area contributed by atoms with E-state index in [1.807, 2.05) is 30.3 Å². The molecule has 0 spiro atoms. The van der Waals surface area contributed by atoms with Crippen molar-refractivity contribution in [3.05, 3.63) is 41.1 Å². The SMILES string of the molecule is COc1ccc(-c2ccc(CNCCCN(C)C)o2)cc1Cl. The number of hydrogen-bond acceptors (Lipinski definition) is 4. The van der Waals surface area contributed by atoms with E-state index in [9.17, 15) is 0 Å². The largest absolute Gasteiger partial charge is 0.495 e. The minimum absolute atomic E-state index is 0.583. The normalized spacial score (nSPS) is 11.1. The zero-order chi connectivity index (χ0) is 15.9. The van der Waals surface area contributed by atoms with Crippen LogP contribution in [0.25, 0.3) is 11.3 Å². The van der Waals surface area contributed by atoms with Crippen LogP contribution < -0.4 is 10.1 Å². The molecule has 2 rings (SSSR count). The van der Waals surface area contributed by atoms with Crippen molar-refractivity contribution in [1.29, 1.82) is 0 Å². The molecule has 1 aromatic heterocycles. The van der Waals surface area contributed by atoms with Gasteiger partial charge in [-0.25, -0.2) is 0 Å². The van der Waals surface area contributed by atoms with Crippen LogP contribution in [-0.4, -0.2) is 39.2 Å². The summed E-state index contributed by atoms with van der Waals surface area (Å²) in [7, 11) is 5.77. The van der Waals surface area contributed by atoms with Crippen molar-refractivity contribution < 1.29 is 9.15 Å². The van der Waals surface area contributed by atoms with Crippen molar-refractivity contribution in [1.82, 2.24) is 10.2 Å². The Bertz CT molecular complexity index is 596. The van der Waals surface area contributed by atoms with Gasteiger partial charge >= 0.3 is 0 Å². The summed E-state index contributed by atoms with van der Waals surface area (Å²) in [5.74, 6) is 2.40. The lowest BCUT2D eigenvalue weighted by atomic mass is 10.2. The number of furan rings is 1. The van der Waals surface area contributed by atoms with Crippen molar-refractivity contribution in [2.24, 2.45) is 0 Å². The predicted molar refractivity (Wildman–Crippen MR) is 90.6 cm³/mol. The van der Waals surface area contributed by atoms with Gasteiger partial charge in [-0.3, -0.25) is 0 Å². The van der Waals surface area contributed by atoms with Gasteiger partial charge in [0.05, 0.1) is 18.7 Å². The van der Waals surface area contributed by atoms with Gasteiger partial charge in [0.25, 0.3) is 0 Å². The number of benzene rings is 1. The highest BCUT2D eigenvalue weighted by Crippen LogP contribution is 2.31. The molecule has 1 heterocycles. The summed E-state index contributed by atoms with van der Waals surface area (Å²) in [4.78, 5) is 2.18. The number of nitrogens with zero attached hydrogens (tertiary/aromatic N) is 1. The first kappa shape index (κ1) is 16.9. The highest BCUT2D eigenvalue weighted by atomic mass is 35.5. The maximum absolute atomic E-state index is 6.15. The smallest absolute Gasteiger partial charge is 0.137 e. The van der Waals surface area contributed by atoms with E-state index in [1.165, 1.54) is 0 Å². The third kappa shape index (κ3) is 4.77. The third-order valence-electron chi connectivity index (χ3n) is 3.36. The van der Waals surface area contributed by atoms with E-state index in [1.54, 1.807) is 7.11 Å². The van der Waals surface area contributed by atoms with Crippen molar-refractivity contribution in [2.75, 3.05) is 34.3 Å². The van der Waals surface area contributed by atoms with Gasteiger partial charge in [0.2, 0.25) is 0 Å². The van der Waals surface area contributed by atoms with Gasteiger partial charge in [-0.15, -0.1) is 0 Å². The summed E-state index contributed by atoms with van der Waals surface area (Å²) in [6.07, 6.45) is 1.12. The summed E-state index contributed by atoms with van der Waals surface area (Å²) in [6.45, 7) is 2.79. The van der Waals surface area contributed by atoms with Gasteiger partial charge in [-0.1, -0.05) is 11.6 Å². The highest BCUT2D eigenvalue weighted by molar-refractivity contribution is 6.32. The predicted octanol–water partition coefficient (Wildman–Crippen LogP) is 3.65. The molecule has 0 amide bonds. The standard InChI is InChI=1S/C17H23ClN2O2/c1-20(2)10-4-9-19-12-14-6-8-16(22-14)13-5-7-17(21-3)15(18)11-13/h5-8,11,19H,4,9-10,12H2,1-3H3. The first-order valence-electron chi connectivity index (χ1n) is 7.38. The molecule has 5 heteroatoms. The van der Waals surface area contributed by atoms with Gasteiger partial charge in [0, 0.05) is 5.56 Å². The number of rotatable bonds is 8. The van der Waals surface area contributed by atoms with Crippen LogP contribution in [0.3, 0.4) is 0 Å². The van der Waals surface area contributed by atoms with Crippen LogP contribution >= 0.6 is 11.6 Å². The Morgan fingerprint density at radius 2 is 2.05 bits per heavy atom. The summed E-state index contributed by atoms with van der Waals surface area (Å²) in [5.41, 5.74) is 0.949. The van der Waals surface area contributed by atoms with Crippen LogP contribution in [-0.2, 0) is 6.54 Å². The molecule has 0 aliphatic rings. The van der Waals surface area contributed by atoms with Gasteiger partial charge < -0.3 is 19.4 Å². The zero-order valence-electron chi connectivity index (χ0n) is 13.4. The summed E-state index contributed by atoms with van der Waals surface area (Å²) >= 11 is 6.15. The molecule has 0 saturated carbocycles. The van der Waals surface area contributed by atoms with Crippen LogP contribution in [0.1, 0.15) is 12.2 Å². The van der Waals surface area contributed by atoms with Crippen molar-refractivity contribution >= 4 is 11.6 Å². The molecule has 2 aromatic rings. The fraction of sp³-hybridized carbons (Fsp3) is 0.412. The van der Waals surface area contributed by atoms with E-state index in [0.717, 1.165) is 43.1 Å². The number of halogens is 1. The Kier molecular flexibility index (Phi) is 6.31. The average molecular weight is 323 g/mol. The molecule has 1 aromatic carbocycles. The molecule has 0 aliphatic heterocycles. The minimum atomic E-state index is 0.583. The van der Waals surface area contributed by atoms with Crippen LogP contribution in [0.15, 0.2) is 34.7 Å². The Balaban J connectivity index is 1.89. The number of methoxy groups -OCH3 is 1. The molecule has 0 bridgehead atoms. The van der Waals surface area contributed by atoms with E-state index < -0.39 is 0 Å². The Morgan fingerprint density at radius 1 is 1.23 bits per heavy atom. The van der Waals surface area contributed by atoms with Crippen molar-refractivity contribution in [2.45, 2.75) is 13.0 Å². The third-order valence-corrected chi connectivity index (χ3v) is 3.65. The molecule has 1 N–H and O–H groups in total. The maximum Gasteiger partial charge on any atom is 0.137 e. The van der Waals surface area contributed by atoms with E-state index in [-0.39, 0.29) is 0 Å². The molecule has 4 nitrogen and oxygen atoms in total. The maximum atomic E-state index is 6.15. The van der Waals surface area contributed by atoms with Gasteiger partial charge in [0.1, 0.15) is 17.3 Å². The molecule has 0 aliphatic carbocycles. The second-order valence-corrected chi connectivity index (χ2v) is 5.86. The number of nitrogens with one attached hydrogen (secondary N) is 1. The van der Waals surface area contributed by atoms with Crippen molar-refractivity contribution in [3.8, 4) is 17.1 Å². The lowest BCUT2D eigenvalue weighted by Crippen LogP contribution is -2.20. The van der Waals surface area contributed by atoms with Crippen molar-refractivity contribution in [3.63, 3.8) is 0 Å². The lowest BCUT2D eigenvalue weighted by Gasteiger charge is -2.09. The monoisotopic (exact) mass is 322 g/mol. The second kappa shape index (κ2) is 8.22.